The number of ether oxygens (including phenoxy) is 3. The van der Waals surface area contributed by atoms with E-state index in [1.54, 1.807) is 0 Å². The molecule has 0 spiro atoms. The SMILES string of the molecule is COCO[C@H]1COC(=O)C1N(C)S(=O)(=O)c1ccc(C(F)(F)F)cc1. The Morgan fingerprint density at radius 2 is 1.88 bits per heavy atom. The van der Waals surface area contributed by atoms with Crippen LogP contribution in [0.1, 0.15) is 5.56 Å². The molecule has 2 atom stereocenters. The molecule has 1 aromatic rings. The zero-order valence-corrected chi connectivity index (χ0v) is 14.1. The maximum atomic E-state index is 12.6. The summed E-state index contributed by atoms with van der Waals surface area (Å²) in [7, 11) is -1.74. The minimum absolute atomic E-state index is 0.153. The van der Waals surface area contributed by atoms with Crippen LogP contribution in [0.5, 0.6) is 0 Å². The summed E-state index contributed by atoms with van der Waals surface area (Å²) in [6.45, 7) is -0.328. The van der Waals surface area contributed by atoms with Gasteiger partial charge in [-0.15, -0.1) is 0 Å². The summed E-state index contributed by atoms with van der Waals surface area (Å²) in [4.78, 5) is 11.5. The third kappa shape index (κ3) is 4.11. The van der Waals surface area contributed by atoms with Gasteiger partial charge in [-0.05, 0) is 24.3 Å². The number of likely N-dealkylation sites (N-methyl/N-ethyl adjacent to an activating group) is 1. The zero-order valence-electron chi connectivity index (χ0n) is 13.3. The molecule has 0 saturated carbocycles. The summed E-state index contributed by atoms with van der Waals surface area (Å²) in [6, 6.07) is 1.72. The Balaban J connectivity index is 2.27. The summed E-state index contributed by atoms with van der Waals surface area (Å²) in [6.07, 6.45) is -5.47. The molecule has 0 aromatic heterocycles. The molecule has 1 aliphatic rings. The molecular weight excluding hydrogens is 367 g/mol. The molecular formula is C14H16F3NO6S. The lowest BCUT2D eigenvalue weighted by atomic mass is 10.2. The predicted octanol–water partition coefficient (Wildman–Crippen LogP) is 1.24. The number of nitrogens with zero attached hydrogens (tertiary/aromatic N) is 1. The van der Waals surface area contributed by atoms with Crippen molar-refractivity contribution in [1.82, 2.24) is 4.31 Å². The lowest BCUT2D eigenvalue weighted by molar-refractivity contribution is -0.141. The van der Waals surface area contributed by atoms with Crippen molar-refractivity contribution < 1.29 is 40.6 Å². The molecule has 1 aliphatic heterocycles. The van der Waals surface area contributed by atoms with Gasteiger partial charge in [0.15, 0.2) is 6.04 Å². The zero-order chi connectivity index (χ0) is 18.8. The molecule has 1 aromatic carbocycles. The Labute approximate surface area is 142 Å². The summed E-state index contributed by atoms with van der Waals surface area (Å²) >= 11 is 0. The standard InChI is InChI=1S/C14H16F3NO6S/c1-18(12-11(24-8-22-2)7-23-13(12)19)25(20,21)10-5-3-9(4-6-10)14(15,16)17/h3-6,11-12H,7-8H2,1-2H3/t11-,12?/m0/s1. The normalized spacial score (nSPS) is 21.6. The number of esters is 1. The monoisotopic (exact) mass is 383 g/mol. The van der Waals surface area contributed by atoms with E-state index in [0.29, 0.717) is 12.1 Å². The van der Waals surface area contributed by atoms with Crippen LogP contribution in [0.25, 0.3) is 0 Å². The third-order valence-electron chi connectivity index (χ3n) is 3.63. The highest BCUT2D eigenvalue weighted by atomic mass is 32.2. The maximum absolute atomic E-state index is 12.6. The van der Waals surface area contributed by atoms with Gasteiger partial charge in [-0.1, -0.05) is 0 Å². The van der Waals surface area contributed by atoms with Gasteiger partial charge in [-0.25, -0.2) is 8.42 Å². The molecule has 1 unspecified atom stereocenters. The number of hydrogen-bond acceptors (Lipinski definition) is 6. The molecule has 7 nitrogen and oxygen atoms in total. The van der Waals surface area contributed by atoms with E-state index < -0.39 is 39.9 Å². The highest BCUT2D eigenvalue weighted by Crippen LogP contribution is 2.31. The van der Waals surface area contributed by atoms with Crippen molar-refractivity contribution in [3.63, 3.8) is 0 Å². The number of cyclic esters (lactones) is 1. The van der Waals surface area contributed by atoms with E-state index in [1.807, 2.05) is 0 Å². The number of sulfonamides is 1. The van der Waals surface area contributed by atoms with E-state index in [9.17, 15) is 26.4 Å². The fourth-order valence-corrected chi connectivity index (χ4v) is 3.63. The summed E-state index contributed by atoms with van der Waals surface area (Å²) < 4.78 is 78.5. The van der Waals surface area contributed by atoms with Crippen molar-refractivity contribution in [3.05, 3.63) is 29.8 Å². The quantitative estimate of drug-likeness (QED) is 0.543. The van der Waals surface area contributed by atoms with E-state index in [4.69, 9.17) is 14.2 Å². The van der Waals surface area contributed by atoms with E-state index in [1.165, 1.54) is 7.11 Å². The van der Waals surface area contributed by atoms with Crippen molar-refractivity contribution in [2.45, 2.75) is 23.2 Å². The van der Waals surface area contributed by atoms with Crippen molar-refractivity contribution in [3.8, 4) is 0 Å². The molecule has 25 heavy (non-hydrogen) atoms. The number of halogens is 3. The van der Waals surface area contributed by atoms with Crippen molar-refractivity contribution in [2.24, 2.45) is 0 Å². The first-order valence-electron chi connectivity index (χ1n) is 7.01. The molecule has 1 fully saturated rings. The Hall–Kier alpha value is -1.69. The van der Waals surface area contributed by atoms with Gasteiger partial charge in [-0.3, -0.25) is 4.79 Å². The fraction of sp³-hybridized carbons (Fsp3) is 0.500. The Morgan fingerprint density at radius 1 is 1.28 bits per heavy atom. The fourth-order valence-electron chi connectivity index (χ4n) is 2.30. The molecule has 0 radical (unpaired) electrons. The summed E-state index contributed by atoms with van der Waals surface area (Å²) in [5, 5.41) is 0. The third-order valence-corrected chi connectivity index (χ3v) is 5.49. The van der Waals surface area contributed by atoms with E-state index in [0.717, 1.165) is 23.5 Å². The molecule has 11 heteroatoms. The van der Waals surface area contributed by atoms with Crippen LogP contribution in [0.3, 0.4) is 0 Å². The number of hydrogen-bond donors (Lipinski definition) is 0. The van der Waals surface area contributed by atoms with Gasteiger partial charge >= 0.3 is 12.1 Å². The molecule has 2 rings (SSSR count). The van der Waals surface area contributed by atoms with Gasteiger partial charge in [0.1, 0.15) is 19.5 Å². The smallest absolute Gasteiger partial charge is 0.416 e. The van der Waals surface area contributed by atoms with Crippen LogP contribution in [0, 0.1) is 0 Å². The number of benzene rings is 1. The first kappa shape index (κ1) is 19.6. The predicted molar refractivity (Wildman–Crippen MR) is 77.9 cm³/mol. The number of carbonyl (C=O) groups excluding carboxylic acids is 1. The van der Waals surface area contributed by atoms with Crippen LogP contribution in [0.15, 0.2) is 29.2 Å². The summed E-state index contributed by atoms with van der Waals surface area (Å²) in [5.74, 6) is -0.806. The second kappa shape index (κ2) is 7.28. The van der Waals surface area contributed by atoms with Crippen LogP contribution in [0.2, 0.25) is 0 Å². The Morgan fingerprint density at radius 3 is 2.40 bits per heavy atom. The summed E-state index contributed by atoms with van der Waals surface area (Å²) in [5.41, 5.74) is -0.976. The van der Waals surface area contributed by atoms with E-state index in [-0.39, 0.29) is 18.3 Å². The van der Waals surface area contributed by atoms with Crippen LogP contribution in [-0.4, -0.2) is 58.4 Å². The van der Waals surface area contributed by atoms with Gasteiger partial charge in [0.25, 0.3) is 0 Å². The van der Waals surface area contributed by atoms with Gasteiger partial charge in [0, 0.05) is 14.2 Å². The molecule has 1 saturated heterocycles. The number of methoxy groups -OCH3 is 1. The largest absolute Gasteiger partial charge is 0.462 e. The molecule has 140 valence electrons. The van der Waals surface area contributed by atoms with Gasteiger partial charge in [0.2, 0.25) is 10.0 Å². The van der Waals surface area contributed by atoms with Crippen LogP contribution in [0.4, 0.5) is 13.2 Å². The van der Waals surface area contributed by atoms with Crippen LogP contribution in [-0.2, 0) is 35.2 Å². The molecule has 0 bridgehead atoms. The van der Waals surface area contributed by atoms with Crippen LogP contribution < -0.4 is 0 Å². The second-order valence-corrected chi connectivity index (χ2v) is 7.23. The molecule has 0 N–H and O–H groups in total. The first-order chi connectivity index (χ1) is 11.6. The van der Waals surface area contributed by atoms with Crippen molar-refractivity contribution in [2.75, 3.05) is 27.6 Å². The van der Waals surface area contributed by atoms with Gasteiger partial charge in [-0.2, -0.15) is 17.5 Å². The van der Waals surface area contributed by atoms with Crippen molar-refractivity contribution in [1.29, 1.82) is 0 Å². The number of rotatable bonds is 6. The van der Waals surface area contributed by atoms with E-state index >= 15 is 0 Å². The lowest BCUT2D eigenvalue weighted by Crippen LogP contribution is -2.47. The average molecular weight is 383 g/mol. The average Bonchev–Trinajstić information content (AvgIpc) is 2.92. The van der Waals surface area contributed by atoms with Crippen molar-refractivity contribution >= 4 is 16.0 Å². The second-order valence-electron chi connectivity index (χ2n) is 5.23. The Bertz CT molecular complexity index is 719. The van der Waals surface area contributed by atoms with Gasteiger partial charge in [0.05, 0.1) is 10.5 Å². The minimum atomic E-state index is -4.58. The molecule has 0 amide bonds. The number of alkyl halides is 3. The topological polar surface area (TPSA) is 82.1 Å². The van der Waals surface area contributed by atoms with E-state index in [2.05, 4.69) is 0 Å². The lowest BCUT2D eigenvalue weighted by Gasteiger charge is -2.25. The number of carbonyl (C=O) groups is 1. The highest BCUT2D eigenvalue weighted by Gasteiger charge is 2.45. The molecule has 0 aliphatic carbocycles. The maximum Gasteiger partial charge on any atom is 0.416 e. The Kier molecular flexibility index (Phi) is 5.72. The minimum Gasteiger partial charge on any atom is -0.462 e. The van der Waals surface area contributed by atoms with Gasteiger partial charge < -0.3 is 14.2 Å². The highest BCUT2D eigenvalue weighted by molar-refractivity contribution is 7.89. The first-order valence-corrected chi connectivity index (χ1v) is 8.45. The molecule has 1 heterocycles. The van der Waals surface area contributed by atoms with Crippen LogP contribution >= 0.6 is 0 Å².